The minimum Gasteiger partial charge on any atom is -0.460 e. The standard InChI is InChI=1S/C15H20ClNO2/c1-15(2,3)19-14(18)12-9-17-8-11(12)10-6-4-5-7-13(10)16/h4-7,11-12,17H,8-9H2,1-3H3. The van der Waals surface area contributed by atoms with E-state index in [2.05, 4.69) is 5.32 Å². The lowest BCUT2D eigenvalue weighted by atomic mass is 9.89. The van der Waals surface area contributed by atoms with Crippen molar-refractivity contribution in [3.8, 4) is 0 Å². The van der Waals surface area contributed by atoms with Crippen LogP contribution >= 0.6 is 11.6 Å². The summed E-state index contributed by atoms with van der Waals surface area (Å²) in [5.41, 5.74) is 0.565. The van der Waals surface area contributed by atoms with E-state index in [1.807, 2.05) is 45.0 Å². The molecule has 19 heavy (non-hydrogen) atoms. The monoisotopic (exact) mass is 281 g/mol. The zero-order chi connectivity index (χ0) is 14.0. The summed E-state index contributed by atoms with van der Waals surface area (Å²) in [6.07, 6.45) is 0. The van der Waals surface area contributed by atoms with Crippen molar-refractivity contribution in [3.63, 3.8) is 0 Å². The van der Waals surface area contributed by atoms with Gasteiger partial charge in [-0.2, -0.15) is 0 Å². The van der Waals surface area contributed by atoms with Gasteiger partial charge in [-0.05, 0) is 32.4 Å². The Kier molecular flexibility index (Phi) is 4.16. The molecule has 0 aromatic heterocycles. The van der Waals surface area contributed by atoms with Gasteiger partial charge in [-0.15, -0.1) is 0 Å². The van der Waals surface area contributed by atoms with Crippen LogP contribution in [-0.4, -0.2) is 24.7 Å². The lowest BCUT2D eigenvalue weighted by molar-refractivity contribution is -0.159. The summed E-state index contributed by atoms with van der Waals surface area (Å²) in [5.74, 6) is -0.231. The van der Waals surface area contributed by atoms with Gasteiger partial charge in [0, 0.05) is 24.0 Å². The molecule has 104 valence electrons. The molecule has 0 saturated carbocycles. The molecule has 0 aliphatic carbocycles. The number of halogens is 1. The van der Waals surface area contributed by atoms with E-state index in [1.165, 1.54) is 0 Å². The summed E-state index contributed by atoms with van der Waals surface area (Å²) in [7, 11) is 0. The van der Waals surface area contributed by atoms with Gasteiger partial charge in [-0.25, -0.2) is 0 Å². The van der Waals surface area contributed by atoms with E-state index in [0.29, 0.717) is 11.6 Å². The first-order valence-corrected chi connectivity index (χ1v) is 6.94. The number of carbonyl (C=O) groups excluding carboxylic acids is 1. The van der Waals surface area contributed by atoms with Crippen molar-refractivity contribution in [1.82, 2.24) is 5.32 Å². The van der Waals surface area contributed by atoms with Crippen LogP contribution in [0.5, 0.6) is 0 Å². The van der Waals surface area contributed by atoms with Crippen LogP contribution in [-0.2, 0) is 9.53 Å². The molecule has 1 aromatic carbocycles. The number of nitrogens with one attached hydrogen (secondary N) is 1. The van der Waals surface area contributed by atoms with Crippen molar-refractivity contribution in [2.75, 3.05) is 13.1 Å². The third kappa shape index (κ3) is 3.48. The molecule has 0 amide bonds. The summed E-state index contributed by atoms with van der Waals surface area (Å²) < 4.78 is 5.49. The second-order valence-corrected chi connectivity index (χ2v) is 6.33. The van der Waals surface area contributed by atoms with Gasteiger partial charge in [0.1, 0.15) is 5.60 Å². The molecule has 0 radical (unpaired) electrons. The zero-order valence-corrected chi connectivity index (χ0v) is 12.3. The average molecular weight is 282 g/mol. The van der Waals surface area contributed by atoms with E-state index in [9.17, 15) is 4.79 Å². The molecule has 1 saturated heterocycles. The quantitative estimate of drug-likeness (QED) is 0.847. The van der Waals surface area contributed by atoms with E-state index >= 15 is 0 Å². The number of esters is 1. The van der Waals surface area contributed by atoms with Crippen LogP contribution in [0.1, 0.15) is 32.3 Å². The van der Waals surface area contributed by atoms with Gasteiger partial charge in [0.2, 0.25) is 0 Å². The van der Waals surface area contributed by atoms with Crippen molar-refractivity contribution in [3.05, 3.63) is 34.9 Å². The molecule has 1 aliphatic rings. The predicted molar refractivity (Wildman–Crippen MR) is 76.4 cm³/mol. The fraction of sp³-hybridized carbons (Fsp3) is 0.533. The van der Waals surface area contributed by atoms with Gasteiger partial charge in [-0.1, -0.05) is 29.8 Å². The van der Waals surface area contributed by atoms with Gasteiger partial charge in [-0.3, -0.25) is 4.79 Å². The maximum atomic E-state index is 12.3. The fourth-order valence-electron chi connectivity index (χ4n) is 2.41. The Bertz CT molecular complexity index is 467. The first-order chi connectivity index (χ1) is 8.88. The molecular formula is C15H20ClNO2. The van der Waals surface area contributed by atoms with Crippen LogP contribution in [0.2, 0.25) is 5.02 Å². The summed E-state index contributed by atoms with van der Waals surface area (Å²) in [4.78, 5) is 12.3. The molecule has 1 fully saturated rings. The SMILES string of the molecule is CC(C)(C)OC(=O)C1CNCC1c1ccccc1Cl. The third-order valence-corrected chi connectivity index (χ3v) is 3.57. The second-order valence-electron chi connectivity index (χ2n) is 5.93. The molecule has 2 unspecified atom stereocenters. The fourth-order valence-corrected chi connectivity index (χ4v) is 2.68. The summed E-state index contributed by atoms with van der Waals surface area (Å²) in [6, 6.07) is 7.70. The zero-order valence-electron chi connectivity index (χ0n) is 11.6. The van der Waals surface area contributed by atoms with E-state index < -0.39 is 5.60 Å². The number of hydrogen-bond donors (Lipinski definition) is 1. The molecule has 1 N–H and O–H groups in total. The molecule has 1 heterocycles. The average Bonchev–Trinajstić information content (AvgIpc) is 2.76. The minimum absolute atomic E-state index is 0.0866. The van der Waals surface area contributed by atoms with Crippen LogP contribution in [0.4, 0.5) is 0 Å². The summed E-state index contributed by atoms with van der Waals surface area (Å²) in [6.45, 7) is 7.06. The number of carbonyl (C=O) groups is 1. The molecule has 4 heteroatoms. The lowest BCUT2D eigenvalue weighted by Gasteiger charge is -2.25. The number of ether oxygens (including phenoxy) is 1. The highest BCUT2D eigenvalue weighted by Crippen LogP contribution is 2.34. The van der Waals surface area contributed by atoms with Gasteiger partial charge < -0.3 is 10.1 Å². The Hall–Kier alpha value is -1.06. The van der Waals surface area contributed by atoms with Crippen LogP contribution in [0.3, 0.4) is 0 Å². The maximum absolute atomic E-state index is 12.3. The van der Waals surface area contributed by atoms with E-state index in [-0.39, 0.29) is 17.8 Å². The van der Waals surface area contributed by atoms with Gasteiger partial charge >= 0.3 is 5.97 Å². The van der Waals surface area contributed by atoms with Crippen LogP contribution in [0.15, 0.2) is 24.3 Å². The Morgan fingerprint density at radius 3 is 2.63 bits per heavy atom. The smallest absolute Gasteiger partial charge is 0.311 e. The van der Waals surface area contributed by atoms with E-state index in [4.69, 9.17) is 16.3 Å². The first-order valence-electron chi connectivity index (χ1n) is 6.56. The largest absolute Gasteiger partial charge is 0.460 e. The Morgan fingerprint density at radius 2 is 2.00 bits per heavy atom. The van der Waals surface area contributed by atoms with Gasteiger partial charge in [0.15, 0.2) is 0 Å². The van der Waals surface area contributed by atoms with Crippen molar-refractivity contribution in [2.45, 2.75) is 32.3 Å². The summed E-state index contributed by atoms with van der Waals surface area (Å²) >= 11 is 6.23. The van der Waals surface area contributed by atoms with Crippen LogP contribution < -0.4 is 5.32 Å². The molecule has 3 nitrogen and oxygen atoms in total. The van der Waals surface area contributed by atoms with E-state index in [0.717, 1.165) is 12.1 Å². The third-order valence-electron chi connectivity index (χ3n) is 3.23. The maximum Gasteiger partial charge on any atom is 0.311 e. The Labute approximate surface area is 119 Å². The molecule has 1 aromatic rings. The van der Waals surface area contributed by atoms with Gasteiger partial charge in [0.25, 0.3) is 0 Å². The molecule has 2 atom stereocenters. The van der Waals surface area contributed by atoms with Crippen LogP contribution in [0, 0.1) is 5.92 Å². The number of benzene rings is 1. The van der Waals surface area contributed by atoms with Gasteiger partial charge in [0.05, 0.1) is 5.92 Å². The van der Waals surface area contributed by atoms with Crippen LogP contribution in [0.25, 0.3) is 0 Å². The predicted octanol–water partition coefficient (Wildman–Crippen LogP) is 2.98. The topological polar surface area (TPSA) is 38.3 Å². The van der Waals surface area contributed by atoms with Crippen molar-refractivity contribution >= 4 is 17.6 Å². The minimum atomic E-state index is -0.454. The Balaban J connectivity index is 2.18. The first kappa shape index (κ1) is 14.4. The Morgan fingerprint density at radius 1 is 1.32 bits per heavy atom. The highest BCUT2D eigenvalue weighted by molar-refractivity contribution is 6.31. The molecule has 0 spiro atoms. The lowest BCUT2D eigenvalue weighted by Crippen LogP contribution is -2.31. The molecule has 2 rings (SSSR count). The molecule has 1 aliphatic heterocycles. The van der Waals surface area contributed by atoms with Crippen molar-refractivity contribution < 1.29 is 9.53 Å². The van der Waals surface area contributed by atoms with Crippen molar-refractivity contribution in [1.29, 1.82) is 0 Å². The highest BCUT2D eigenvalue weighted by Gasteiger charge is 2.37. The second kappa shape index (κ2) is 5.51. The number of hydrogen-bond acceptors (Lipinski definition) is 3. The molecule has 0 bridgehead atoms. The van der Waals surface area contributed by atoms with Crippen molar-refractivity contribution in [2.24, 2.45) is 5.92 Å². The molecular weight excluding hydrogens is 262 g/mol. The number of rotatable bonds is 2. The summed E-state index contributed by atoms with van der Waals surface area (Å²) in [5, 5.41) is 3.97. The normalized spacial score (nSPS) is 23.4. The van der Waals surface area contributed by atoms with E-state index in [1.54, 1.807) is 0 Å². The highest BCUT2D eigenvalue weighted by atomic mass is 35.5.